The Bertz CT molecular complexity index is 1760. The van der Waals surface area contributed by atoms with E-state index in [4.69, 9.17) is 9.40 Å². The Kier molecular flexibility index (Phi) is 10.7. The van der Waals surface area contributed by atoms with Gasteiger partial charge in [0.15, 0.2) is 0 Å². The van der Waals surface area contributed by atoms with Gasteiger partial charge in [0, 0.05) is 61.4 Å². The first-order valence-corrected chi connectivity index (χ1v) is 29.4. The summed E-state index contributed by atoms with van der Waals surface area (Å²) in [6, 6.07) is 37.2. The molecule has 0 spiro atoms. The molecule has 0 N–H and O–H groups in total. The zero-order valence-electron chi connectivity index (χ0n) is 27.0. The van der Waals surface area contributed by atoms with E-state index in [2.05, 4.69) is 106 Å². The van der Waals surface area contributed by atoms with E-state index in [-0.39, 0.29) is 20.1 Å². The van der Waals surface area contributed by atoms with Crippen LogP contribution in [0.2, 0.25) is 52.4 Å². The predicted octanol–water partition coefficient (Wildman–Crippen LogP) is 9.32. The molecule has 2 radical (unpaired) electrons. The monoisotopic (exact) mass is 822 g/mol. The molecule has 0 fully saturated rings. The van der Waals surface area contributed by atoms with Gasteiger partial charge in [0.2, 0.25) is 0 Å². The van der Waals surface area contributed by atoms with Gasteiger partial charge in [-0.2, -0.15) is 0 Å². The van der Waals surface area contributed by atoms with Crippen molar-refractivity contribution in [2.45, 2.75) is 52.4 Å². The molecule has 0 unspecified atom stereocenters. The standard InChI is InChI=1S/C25H33NOSi4.C11H8N.Ir/c1-28(2)31(29(3,4)5,30(6,7)8)19-16-17-23(26-18-19)22-14-11-13-21-20-12-9-10-15-24(20)27-25(21)22;1-2-6-10(7-3-1)11-8-4-5-9-12-11;/h9-13,15-18H,1-8H3;1-6,8-9H;/q2*-1;. The summed E-state index contributed by atoms with van der Waals surface area (Å²) in [5.41, 5.74) is 5.74. The molecule has 0 amide bonds. The minimum atomic E-state index is -1.57. The molecule has 0 aliphatic carbocycles. The SMILES string of the molecule is C[Si](C)[Si](c1ccc(-c2[c-]ccc3c2oc2ccccc23)nc1)([Si](C)(C)C)[Si](C)(C)C.[Ir].[c-]1ccccc1-c1ccccn1. The van der Waals surface area contributed by atoms with E-state index in [1.807, 2.05) is 60.7 Å². The van der Waals surface area contributed by atoms with E-state index < -0.39 is 30.1 Å². The van der Waals surface area contributed by atoms with Crippen LogP contribution in [0.3, 0.4) is 0 Å². The van der Waals surface area contributed by atoms with Gasteiger partial charge >= 0.3 is 0 Å². The van der Waals surface area contributed by atoms with Gasteiger partial charge in [0.25, 0.3) is 0 Å². The maximum Gasteiger partial charge on any atom is 0.120 e. The van der Waals surface area contributed by atoms with Crippen LogP contribution in [-0.4, -0.2) is 40.1 Å². The van der Waals surface area contributed by atoms with Gasteiger partial charge in [0.1, 0.15) is 5.58 Å². The summed E-state index contributed by atoms with van der Waals surface area (Å²) in [5.74, 6) is 0. The third kappa shape index (κ3) is 6.47. The summed E-state index contributed by atoms with van der Waals surface area (Å²) < 4.78 is 6.24. The Hall–Kier alpha value is -2.72. The summed E-state index contributed by atoms with van der Waals surface area (Å²) >= 11 is 0. The van der Waals surface area contributed by atoms with E-state index >= 15 is 0 Å². The summed E-state index contributed by atoms with van der Waals surface area (Å²) in [4.78, 5) is 9.27. The van der Waals surface area contributed by atoms with Crippen molar-refractivity contribution in [1.82, 2.24) is 9.97 Å². The Balaban J connectivity index is 0.000000284. The molecule has 0 bridgehead atoms. The van der Waals surface area contributed by atoms with Crippen molar-refractivity contribution in [2.24, 2.45) is 0 Å². The minimum Gasteiger partial charge on any atom is -0.501 e. The molecule has 0 atom stereocenters. The number of hydrogen-bond acceptors (Lipinski definition) is 3. The van der Waals surface area contributed by atoms with E-state index in [0.29, 0.717) is 0 Å². The largest absolute Gasteiger partial charge is 0.501 e. The van der Waals surface area contributed by atoms with Crippen LogP contribution in [0, 0.1) is 12.1 Å². The third-order valence-electron chi connectivity index (χ3n) is 8.44. The van der Waals surface area contributed by atoms with Crippen LogP contribution < -0.4 is 5.19 Å². The topological polar surface area (TPSA) is 38.9 Å². The number of pyridine rings is 2. The first kappa shape index (κ1) is 34.2. The second-order valence-corrected chi connectivity index (χ2v) is 49.7. The fraction of sp³-hybridized carbons (Fsp3) is 0.222. The Morgan fingerprint density at radius 1 is 0.659 bits per heavy atom. The number of rotatable bonds is 6. The molecule has 8 heteroatoms. The van der Waals surface area contributed by atoms with Crippen molar-refractivity contribution in [1.29, 1.82) is 0 Å². The number of hydrogen-bond donors (Lipinski definition) is 0. The number of benzene rings is 3. The van der Waals surface area contributed by atoms with Crippen molar-refractivity contribution < 1.29 is 24.5 Å². The average Bonchev–Trinajstić information content (AvgIpc) is 3.36. The van der Waals surface area contributed by atoms with Crippen molar-refractivity contribution >= 4 is 57.2 Å². The molecule has 228 valence electrons. The molecule has 3 heterocycles. The van der Waals surface area contributed by atoms with E-state index in [1.165, 1.54) is 0 Å². The quantitative estimate of drug-likeness (QED) is 0.124. The molecular formula is C36H41IrN2OSi4-2. The zero-order valence-corrected chi connectivity index (χ0v) is 33.3. The van der Waals surface area contributed by atoms with Crippen LogP contribution in [0.15, 0.2) is 108 Å². The maximum atomic E-state index is 6.24. The first-order valence-electron chi connectivity index (χ1n) is 14.9. The van der Waals surface area contributed by atoms with Gasteiger partial charge in [-0.15, -0.1) is 54.1 Å². The minimum absolute atomic E-state index is 0. The summed E-state index contributed by atoms with van der Waals surface area (Å²) in [6.45, 7) is 19.3. The smallest absolute Gasteiger partial charge is 0.120 e. The van der Waals surface area contributed by atoms with Crippen LogP contribution >= 0.6 is 0 Å². The average molecular weight is 822 g/mol. The molecule has 6 rings (SSSR count). The number of fused-ring (bicyclic) bond motifs is 3. The molecule has 3 nitrogen and oxygen atoms in total. The fourth-order valence-corrected chi connectivity index (χ4v) is 86.9. The van der Waals surface area contributed by atoms with Crippen molar-refractivity contribution in [3.05, 3.63) is 116 Å². The zero-order chi connectivity index (χ0) is 30.8. The Labute approximate surface area is 280 Å². The van der Waals surface area contributed by atoms with Gasteiger partial charge in [-0.25, -0.2) is 0 Å². The van der Waals surface area contributed by atoms with Crippen LogP contribution in [0.25, 0.3) is 44.5 Å². The van der Waals surface area contributed by atoms with Gasteiger partial charge < -0.3 is 14.4 Å². The van der Waals surface area contributed by atoms with Crippen molar-refractivity contribution in [3.63, 3.8) is 0 Å². The van der Waals surface area contributed by atoms with Crippen LogP contribution in [0.1, 0.15) is 0 Å². The normalized spacial score (nSPS) is 12.1. The maximum absolute atomic E-state index is 6.24. The third-order valence-corrected chi connectivity index (χ3v) is 72.2. The molecule has 0 aliphatic heterocycles. The number of aromatic nitrogens is 2. The molecule has 3 aromatic heterocycles. The van der Waals surface area contributed by atoms with E-state index in [9.17, 15) is 0 Å². The summed E-state index contributed by atoms with van der Waals surface area (Å²) in [6.07, 6.45) is 4.03. The second kappa shape index (κ2) is 13.7. The van der Waals surface area contributed by atoms with Crippen LogP contribution in [0.5, 0.6) is 0 Å². The Morgan fingerprint density at radius 2 is 1.36 bits per heavy atom. The molecule has 0 saturated carbocycles. The molecule has 6 aromatic rings. The molecule has 44 heavy (non-hydrogen) atoms. The summed E-state index contributed by atoms with van der Waals surface area (Å²) in [5, 5.41) is 3.89. The van der Waals surface area contributed by atoms with Gasteiger partial charge in [-0.1, -0.05) is 111 Å². The molecular weight excluding hydrogens is 781 g/mol. The number of nitrogens with zero attached hydrogens (tertiary/aromatic N) is 2. The second-order valence-electron chi connectivity index (χ2n) is 13.4. The van der Waals surface area contributed by atoms with Gasteiger partial charge in [0.05, 0.1) is 12.2 Å². The number of para-hydroxylation sites is 1. The van der Waals surface area contributed by atoms with Crippen molar-refractivity contribution in [3.8, 4) is 22.5 Å². The van der Waals surface area contributed by atoms with E-state index in [1.54, 1.807) is 11.4 Å². The van der Waals surface area contributed by atoms with Crippen LogP contribution in [0.4, 0.5) is 0 Å². The molecule has 0 aliphatic rings. The number of furan rings is 1. The molecule has 0 saturated heterocycles. The summed E-state index contributed by atoms with van der Waals surface area (Å²) in [7, 11) is -3.15. The molecule has 3 aromatic carbocycles. The fourth-order valence-electron chi connectivity index (χ4n) is 7.50. The van der Waals surface area contributed by atoms with Gasteiger partial charge in [-0.05, 0) is 23.5 Å². The van der Waals surface area contributed by atoms with Gasteiger partial charge in [-0.3, -0.25) is 0 Å². The first-order chi connectivity index (χ1) is 20.4. The van der Waals surface area contributed by atoms with Crippen molar-refractivity contribution in [2.75, 3.05) is 0 Å². The Morgan fingerprint density at radius 3 is 1.95 bits per heavy atom. The van der Waals surface area contributed by atoms with E-state index in [0.717, 1.165) is 44.5 Å². The predicted molar refractivity (Wildman–Crippen MR) is 194 cm³/mol. The van der Waals surface area contributed by atoms with Crippen LogP contribution in [-0.2, 0) is 20.1 Å².